The maximum absolute atomic E-state index is 12.8. The normalized spacial score (nSPS) is 15.6. The fourth-order valence-electron chi connectivity index (χ4n) is 3.33. The highest BCUT2D eigenvalue weighted by atomic mass is 16.1. The first-order chi connectivity index (χ1) is 13.2. The molecule has 2 aromatic rings. The van der Waals surface area contributed by atoms with E-state index in [0.717, 1.165) is 57.1 Å². The van der Waals surface area contributed by atoms with E-state index in [1.165, 1.54) is 5.56 Å². The number of amides is 1. The van der Waals surface area contributed by atoms with Gasteiger partial charge in [-0.3, -0.25) is 9.69 Å². The molecule has 1 saturated heterocycles. The molecule has 1 aliphatic rings. The Kier molecular flexibility index (Phi) is 6.98. The van der Waals surface area contributed by atoms with Crippen molar-refractivity contribution in [3.05, 3.63) is 65.2 Å². The van der Waals surface area contributed by atoms with Crippen LogP contribution in [0.5, 0.6) is 0 Å². The number of hydrogen-bond acceptors (Lipinski definition) is 4. The molecular weight excluding hydrogens is 336 g/mol. The number of anilines is 1. The summed E-state index contributed by atoms with van der Waals surface area (Å²) >= 11 is 0. The minimum Gasteiger partial charge on any atom is -0.322 e. The van der Waals surface area contributed by atoms with Crippen molar-refractivity contribution in [2.75, 3.05) is 45.1 Å². The number of hydrogen-bond donors (Lipinski definition) is 2. The molecule has 0 unspecified atom stereocenters. The SMILES string of the molecule is CCNCc1ccccc1NC(=O)c1cccc(CN2CCN(C)CC2)c1. The van der Waals surface area contributed by atoms with Crippen LogP contribution in [-0.4, -0.2) is 55.5 Å². The van der Waals surface area contributed by atoms with Gasteiger partial charge < -0.3 is 15.5 Å². The fraction of sp³-hybridized carbons (Fsp3) is 0.409. The van der Waals surface area contributed by atoms with E-state index in [1.807, 2.05) is 42.5 Å². The molecule has 0 radical (unpaired) electrons. The third-order valence-electron chi connectivity index (χ3n) is 5.02. The van der Waals surface area contributed by atoms with E-state index in [2.05, 4.69) is 40.5 Å². The number of likely N-dealkylation sites (N-methyl/N-ethyl adjacent to an activating group) is 1. The molecular formula is C22H30N4O. The maximum Gasteiger partial charge on any atom is 0.255 e. The van der Waals surface area contributed by atoms with Crippen LogP contribution in [0.3, 0.4) is 0 Å². The second kappa shape index (κ2) is 9.65. The van der Waals surface area contributed by atoms with Crippen LogP contribution < -0.4 is 10.6 Å². The number of piperazine rings is 1. The molecule has 0 bridgehead atoms. The third kappa shape index (κ3) is 5.63. The van der Waals surface area contributed by atoms with Crippen LogP contribution in [0.2, 0.25) is 0 Å². The van der Waals surface area contributed by atoms with Gasteiger partial charge in [-0.05, 0) is 42.9 Å². The predicted molar refractivity (Wildman–Crippen MR) is 111 cm³/mol. The van der Waals surface area contributed by atoms with Crippen molar-refractivity contribution in [1.82, 2.24) is 15.1 Å². The molecule has 0 spiro atoms. The van der Waals surface area contributed by atoms with Gasteiger partial charge in [-0.15, -0.1) is 0 Å². The molecule has 1 amide bonds. The summed E-state index contributed by atoms with van der Waals surface area (Å²) in [6.45, 7) is 8.97. The van der Waals surface area contributed by atoms with E-state index < -0.39 is 0 Å². The smallest absolute Gasteiger partial charge is 0.255 e. The molecule has 0 aliphatic carbocycles. The van der Waals surface area contributed by atoms with Crippen LogP contribution in [0.1, 0.15) is 28.4 Å². The standard InChI is InChI=1S/C22H30N4O/c1-3-23-16-20-8-4-5-10-21(20)24-22(27)19-9-6-7-18(15-19)17-26-13-11-25(2)12-14-26/h4-10,15,23H,3,11-14,16-17H2,1-2H3,(H,24,27). The lowest BCUT2D eigenvalue weighted by molar-refractivity contribution is 0.102. The Balaban J connectivity index is 1.65. The Morgan fingerprint density at radius 1 is 1.04 bits per heavy atom. The first-order valence-corrected chi connectivity index (χ1v) is 9.75. The molecule has 2 aromatic carbocycles. The van der Waals surface area contributed by atoms with Crippen LogP contribution in [-0.2, 0) is 13.1 Å². The summed E-state index contributed by atoms with van der Waals surface area (Å²) in [6.07, 6.45) is 0. The van der Waals surface area contributed by atoms with Gasteiger partial charge in [-0.25, -0.2) is 0 Å². The molecule has 144 valence electrons. The van der Waals surface area contributed by atoms with Crippen molar-refractivity contribution in [3.8, 4) is 0 Å². The molecule has 27 heavy (non-hydrogen) atoms. The van der Waals surface area contributed by atoms with E-state index in [0.29, 0.717) is 5.56 Å². The highest BCUT2D eigenvalue weighted by Gasteiger charge is 2.15. The first kappa shape index (κ1) is 19.5. The first-order valence-electron chi connectivity index (χ1n) is 9.75. The summed E-state index contributed by atoms with van der Waals surface area (Å²) in [6, 6.07) is 15.9. The van der Waals surface area contributed by atoms with E-state index >= 15 is 0 Å². The molecule has 3 rings (SSSR count). The zero-order valence-electron chi connectivity index (χ0n) is 16.4. The Morgan fingerprint density at radius 3 is 2.59 bits per heavy atom. The average molecular weight is 367 g/mol. The fourth-order valence-corrected chi connectivity index (χ4v) is 3.33. The molecule has 1 fully saturated rings. The van der Waals surface area contributed by atoms with E-state index in [9.17, 15) is 4.79 Å². The zero-order valence-corrected chi connectivity index (χ0v) is 16.4. The number of carbonyl (C=O) groups is 1. The minimum absolute atomic E-state index is 0.0563. The van der Waals surface area contributed by atoms with Crippen LogP contribution in [0.4, 0.5) is 5.69 Å². The number of nitrogens with one attached hydrogen (secondary N) is 2. The Morgan fingerprint density at radius 2 is 1.81 bits per heavy atom. The van der Waals surface area contributed by atoms with Gasteiger partial charge in [0, 0.05) is 50.5 Å². The van der Waals surface area contributed by atoms with Gasteiger partial charge in [-0.1, -0.05) is 37.3 Å². The topological polar surface area (TPSA) is 47.6 Å². The number of para-hydroxylation sites is 1. The maximum atomic E-state index is 12.8. The summed E-state index contributed by atoms with van der Waals surface area (Å²) in [5.41, 5.74) is 3.86. The Bertz CT molecular complexity index is 753. The van der Waals surface area contributed by atoms with Gasteiger partial charge in [0.2, 0.25) is 0 Å². The van der Waals surface area contributed by atoms with Crippen molar-refractivity contribution in [2.24, 2.45) is 0 Å². The summed E-state index contributed by atoms with van der Waals surface area (Å²) in [7, 11) is 2.16. The van der Waals surface area contributed by atoms with Gasteiger partial charge in [0.25, 0.3) is 5.91 Å². The number of rotatable bonds is 7. The second-order valence-electron chi connectivity index (χ2n) is 7.17. The van der Waals surface area contributed by atoms with Crippen molar-refractivity contribution in [2.45, 2.75) is 20.0 Å². The Hall–Kier alpha value is -2.21. The van der Waals surface area contributed by atoms with Crippen molar-refractivity contribution >= 4 is 11.6 Å². The predicted octanol–water partition coefficient (Wildman–Crippen LogP) is 2.80. The lowest BCUT2D eigenvalue weighted by atomic mass is 10.1. The Labute approximate surface area is 162 Å². The third-order valence-corrected chi connectivity index (χ3v) is 5.02. The molecule has 1 heterocycles. The number of nitrogens with zero attached hydrogens (tertiary/aromatic N) is 2. The zero-order chi connectivity index (χ0) is 19.1. The number of carbonyl (C=O) groups excluding carboxylic acids is 1. The highest BCUT2D eigenvalue weighted by Crippen LogP contribution is 2.17. The lowest BCUT2D eigenvalue weighted by Gasteiger charge is -2.32. The molecule has 0 aromatic heterocycles. The monoisotopic (exact) mass is 366 g/mol. The summed E-state index contributed by atoms with van der Waals surface area (Å²) < 4.78 is 0. The van der Waals surface area contributed by atoms with Crippen molar-refractivity contribution < 1.29 is 4.79 Å². The largest absolute Gasteiger partial charge is 0.322 e. The van der Waals surface area contributed by atoms with Crippen molar-refractivity contribution in [3.63, 3.8) is 0 Å². The lowest BCUT2D eigenvalue weighted by Crippen LogP contribution is -2.43. The van der Waals surface area contributed by atoms with Crippen LogP contribution >= 0.6 is 0 Å². The summed E-state index contributed by atoms with van der Waals surface area (Å²) in [4.78, 5) is 17.6. The quantitative estimate of drug-likeness (QED) is 0.791. The van der Waals surface area contributed by atoms with E-state index in [4.69, 9.17) is 0 Å². The van der Waals surface area contributed by atoms with E-state index in [1.54, 1.807) is 0 Å². The number of benzene rings is 2. The molecule has 2 N–H and O–H groups in total. The van der Waals surface area contributed by atoms with Gasteiger partial charge in [-0.2, -0.15) is 0 Å². The van der Waals surface area contributed by atoms with Gasteiger partial charge in [0.1, 0.15) is 0 Å². The molecule has 5 nitrogen and oxygen atoms in total. The minimum atomic E-state index is -0.0563. The second-order valence-corrected chi connectivity index (χ2v) is 7.17. The molecule has 0 atom stereocenters. The van der Waals surface area contributed by atoms with Crippen LogP contribution in [0.15, 0.2) is 48.5 Å². The molecule has 0 saturated carbocycles. The van der Waals surface area contributed by atoms with Crippen LogP contribution in [0.25, 0.3) is 0 Å². The van der Waals surface area contributed by atoms with Crippen molar-refractivity contribution in [1.29, 1.82) is 0 Å². The summed E-state index contributed by atoms with van der Waals surface area (Å²) in [5.74, 6) is -0.0563. The average Bonchev–Trinajstić information content (AvgIpc) is 2.69. The van der Waals surface area contributed by atoms with Gasteiger partial charge >= 0.3 is 0 Å². The van der Waals surface area contributed by atoms with Crippen LogP contribution in [0, 0.1) is 0 Å². The van der Waals surface area contributed by atoms with Gasteiger partial charge in [0.05, 0.1) is 0 Å². The molecule has 5 heteroatoms. The summed E-state index contributed by atoms with van der Waals surface area (Å²) in [5, 5.41) is 6.39. The van der Waals surface area contributed by atoms with E-state index in [-0.39, 0.29) is 5.91 Å². The highest BCUT2D eigenvalue weighted by molar-refractivity contribution is 6.04. The van der Waals surface area contributed by atoms with Gasteiger partial charge in [0.15, 0.2) is 0 Å². The molecule has 1 aliphatic heterocycles.